The Morgan fingerprint density at radius 3 is 2.94 bits per heavy atom. The Balaban J connectivity index is 1.97. The fourth-order valence-electron chi connectivity index (χ4n) is 2.39. The van der Waals surface area contributed by atoms with Crippen LogP contribution in [0.25, 0.3) is 0 Å². The van der Waals surface area contributed by atoms with Gasteiger partial charge in [-0.25, -0.2) is 0 Å². The first kappa shape index (κ1) is 12.7. The molecule has 1 aromatic carbocycles. The van der Waals surface area contributed by atoms with Crippen molar-refractivity contribution in [1.82, 2.24) is 4.90 Å². The Morgan fingerprint density at radius 2 is 2.18 bits per heavy atom. The number of halogens is 1. The first-order valence-corrected chi connectivity index (χ1v) is 6.72. The van der Waals surface area contributed by atoms with Crippen LogP contribution in [0.15, 0.2) is 18.2 Å². The third-order valence-corrected chi connectivity index (χ3v) is 3.83. The Morgan fingerprint density at radius 1 is 1.35 bits per heavy atom. The minimum absolute atomic E-state index is 0.167. The van der Waals surface area contributed by atoms with Gasteiger partial charge >= 0.3 is 0 Å². The third kappa shape index (κ3) is 3.62. The minimum atomic E-state index is 0.167. The zero-order chi connectivity index (χ0) is 12.3. The number of rotatable bonds is 2. The number of hydrogen-bond donors (Lipinski definition) is 1. The van der Waals surface area contributed by atoms with Crippen LogP contribution >= 0.6 is 11.6 Å². The van der Waals surface area contributed by atoms with Crippen LogP contribution in [-0.2, 0) is 6.54 Å². The van der Waals surface area contributed by atoms with E-state index < -0.39 is 0 Å². The lowest BCUT2D eigenvalue weighted by molar-refractivity contribution is 0.273. The molecule has 2 nitrogen and oxygen atoms in total. The molecule has 1 heterocycles. The average Bonchev–Trinajstić information content (AvgIpc) is 2.49. The summed E-state index contributed by atoms with van der Waals surface area (Å²) in [6.07, 6.45) is 3.91. The molecule has 1 atom stereocenters. The number of phenolic OH excluding ortho intramolecular Hbond substituents is 1. The maximum absolute atomic E-state index is 9.38. The van der Waals surface area contributed by atoms with Crippen molar-refractivity contribution < 1.29 is 5.11 Å². The summed E-state index contributed by atoms with van der Waals surface area (Å²) in [5.74, 6) is 1.02. The van der Waals surface area contributed by atoms with Gasteiger partial charge in [-0.1, -0.05) is 24.6 Å². The molecular weight excluding hydrogens is 234 g/mol. The predicted octanol–water partition coefficient (Wildman–Crippen LogP) is 3.67. The predicted molar refractivity (Wildman–Crippen MR) is 71.4 cm³/mol. The molecule has 0 spiro atoms. The summed E-state index contributed by atoms with van der Waals surface area (Å²) < 4.78 is 0. The van der Waals surface area contributed by atoms with Crippen LogP contribution in [0.1, 0.15) is 31.7 Å². The number of phenols is 1. The second-order valence-electron chi connectivity index (χ2n) is 5.10. The minimum Gasteiger partial charge on any atom is -0.506 e. The average molecular weight is 254 g/mol. The van der Waals surface area contributed by atoms with Crippen molar-refractivity contribution in [3.8, 4) is 5.75 Å². The molecule has 1 aromatic rings. The molecule has 0 aliphatic carbocycles. The van der Waals surface area contributed by atoms with E-state index in [-0.39, 0.29) is 5.75 Å². The second kappa shape index (κ2) is 5.74. The molecule has 3 heteroatoms. The third-order valence-electron chi connectivity index (χ3n) is 3.53. The van der Waals surface area contributed by atoms with E-state index in [0.717, 1.165) is 12.5 Å². The van der Waals surface area contributed by atoms with Crippen LogP contribution in [0.5, 0.6) is 5.75 Å². The molecule has 0 amide bonds. The van der Waals surface area contributed by atoms with E-state index in [4.69, 9.17) is 11.6 Å². The second-order valence-corrected chi connectivity index (χ2v) is 5.51. The van der Waals surface area contributed by atoms with Gasteiger partial charge in [0.05, 0.1) is 5.02 Å². The first-order valence-electron chi connectivity index (χ1n) is 6.35. The molecule has 94 valence electrons. The zero-order valence-corrected chi connectivity index (χ0v) is 11.1. The van der Waals surface area contributed by atoms with E-state index in [1.807, 2.05) is 12.1 Å². The molecule has 1 saturated heterocycles. The van der Waals surface area contributed by atoms with Crippen molar-refractivity contribution in [3.05, 3.63) is 28.8 Å². The topological polar surface area (TPSA) is 23.5 Å². The molecule has 1 fully saturated rings. The summed E-state index contributed by atoms with van der Waals surface area (Å²) in [7, 11) is 0. The Hall–Kier alpha value is -0.730. The van der Waals surface area contributed by atoms with Gasteiger partial charge in [-0.05, 0) is 56.0 Å². The zero-order valence-electron chi connectivity index (χ0n) is 10.3. The Labute approximate surface area is 108 Å². The van der Waals surface area contributed by atoms with Gasteiger partial charge in [-0.15, -0.1) is 0 Å². The van der Waals surface area contributed by atoms with Gasteiger partial charge in [0.15, 0.2) is 0 Å². The van der Waals surface area contributed by atoms with Crippen LogP contribution in [0.4, 0.5) is 0 Å². The van der Waals surface area contributed by atoms with Crippen LogP contribution in [0, 0.1) is 5.92 Å². The van der Waals surface area contributed by atoms with E-state index >= 15 is 0 Å². The van der Waals surface area contributed by atoms with Crippen molar-refractivity contribution in [3.63, 3.8) is 0 Å². The van der Waals surface area contributed by atoms with E-state index in [1.54, 1.807) is 6.07 Å². The van der Waals surface area contributed by atoms with Crippen molar-refractivity contribution in [2.75, 3.05) is 13.1 Å². The van der Waals surface area contributed by atoms with Gasteiger partial charge in [0, 0.05) is 6.54 Å². The van der Waals surface area contributed by atoms with E-state index in [9.17, 15) is 5.11 Å². The van der Waals surface area contributed by atoms with Crippen molar-refractivity contribution >= 4 is 11.6 Å². The maximum atomic E-state index is 9.38. The quantitative estimate of drug-likeness (QED) is 0.869. The monoisotopic (exact) mass is 253 g/mol. The van der Waals surface area contributed by atoms with Crippen LogP contribution in [-0.4, -0.2) is 23.1 Å². The fourth-order valence-corrected chi connectivity index (χ4v) is 2.59. The fraction of sp³-hybridized carbons (Fsp3) is 0.571. The van der Waals surface area contributed by atoms with E-state index in [1.165, 1.54) is 37.9 Å². The van der Waals surface area contributed by atoms with E-state index in [0.29, 0.717) is 5.02 Å². The van der Waals surface area contributed by atoms with Gasteiger partial charge in [0.1, 0.15) is 5.75 Å². The highest BCUT2D eigenvalue weighted by Crippen LogP contribution is 2.25. The molecule has 0 bridgehead atoms. The Bertz CT molecular complexity index is 380. The molecule has 0 saturated carbocycles. The number of benzene rings is 1. The molecule has 0 aromatic heterocycles. The standard InChI is InChI=1S/C14H20ClNO/c1-11-3-2-7-16(8-6-11)10-12-4-5-14(17)13(15)9-12/h4-5,9,11,17H,2-3,6-8,10H2,1H3. The van der Waals surface area contributed by atoms with Crippen molar-refractivity contribution in [1.29, 1.82) is 0 Å². The number of nitrogens with zero attached hydrogens (tertiary/aromatic N) is 1. The van der Waals surface area contributed by atoms with Gasteiger partial charge in [-0.3, -0.25) is 4.90 Å². The normalized spacial score (nSPS) is 22.4. The highest BCUT2D eigenvalue weighted by atomic mass is 35.5. The van der Waals surface area contributed by atoms with E-state index in [2.05, 4.69) is 11.8 Å². The number of hydrogen-bond acceptors (Lipinski definition) is 2. The summed E-state index contributed by atoms with van der Waals surface area (Å²) in [4.78, 5) is 2.48. The first-order chi connectivity index (χ1) is 8.15. The molecule has 1 aliphatic rings. The summed E-state index contributed by atoms with van der Waals surface area (Å²) in [5, 5.41) is 9.83. The van der Waals surface area contributed by atoms with Gasteiger partial charge < -0.3 is 5.11 Å². The highest BCUT2D eigenvalue weighted by Gasteiger charge is 2.14. The van der Waals surface area contributed by atoms with Crippen LogP contribution in [0.2, 0.25) is 5.02 Å². The highest BCUT2D eigenvalue weighted by molar-refractivity contribution is 6.32. The van der Waals surface area contributed by atoms with Crippen LogP contribution in [0.3, 0.4) is 0 Å². The van der Waals surface area contributed by atoms with Gasteiger partial charge in [0.2, 0.25) is 0 Å². The largest absolute Gasteiger partial charge is 0.506 e. The molecule has 1 aliphatic heterocycles. The molecule has 1 N–H and O–H groups in total. The smallest absolute Gasteiger partial charge is 0.134 e. The molecule has 1 unspecified atom stereocenters. The Kier molecular flexibility index (Phi) is 4.30. The number of aromatic hydroxyl groups is 1. The molecule has 17 heavy (non-hydrogen) atoms. The summed E-state index contributed by atoms with van der Waals surface area (Å²) in [5.41, 5.74) is 1.18. The van der Waals surface area contributed by atoms with Gasteiger partial charge in [-0.2, -0.15) is 0 Å². The molecular formula is C14H20ClNO. The lowest BCUT2D eigenvalue weighted by Gasteiger charge is -2.20. The summed E-state index contributed by atoms with van der Waals surface area (Å²) in [6.45, 7) is 5.61. The SMILES string of the molecule is CC1CCCN(Cc2ccc(O)c(Cl)c2)CC1. The lowest BCUT2D eigenvalue weighted by Crippen LogP contribution is -2.24. The molecule has 2 rings (SSSR count). The van der Waals surface area contributed by atoms with Crippen molar-refractivity contribution in [2.45, 2.75) is 32.7 Å². The summed E-state index contributed by atoms with van der Waals surface area (Å²) in [6, 6.07) is 5.50. The summed E-state index contributed by atoms with van der Waals surface area (Å²) >= 11 is 5.92. The molecule has 0 radical (unpaired) electrons. The maximum Gasteiger partial charge on any atom is 0.134 e. The number of likely N-dealkylation sites (tertiary alicyclic amines) is 1. The van der Waals surface area contributed by atoms with Crippen molar-refractivity contribution in [2.24, 2.45) is 5.92 Å². The lowest BCUT2D eigenvalue weighted by atomic mass is 10.0. The van der Waals surface area contributed by atoms with Crippen LogP contribution < -0.4 is 0 Å². The van der Waals surface area contributed by atoms with Gasteiger partial charge in [0.25, 0.3) is 0 Å².